The minimum absolute atomic E-state index is 0.0110. The smallest absolute Gasteiger partial charge is 0.240 e. The first-order valence-electron chi connectivity index (χ1n) is 8.38. The summed E-state index contributed by atoms with van der Waals surface area (Å²) in [6.07, 6.45) is 0.0281. The van der Waals surface area contributed by atoms with Crippen LogP contribution in [0.25, 0.3) is 11.0 Å². The van der Waals surface area contributed by atoms with Crippen molar-refractivity contribution in [1.29, 1.82) is 0 Å². The van der Waals surface area contributed by atoms with Crippen molar-refractivity contribution in [3.63, 3.8) is 0 Å². The summed E-state index contributed by atoms with van der Waals surface area (Å²) in [5.74, 6) is 0.390. The topological polar surface area (TPSA) is 88.4 Å². The van der Waals surface area contributed by atoms with Crippen LogP contribution in [0, 0.1) is 0 Å². The highest BCUT2D eigenvalue weighted by atomic mass is 79.9. The standard InChI is InChI=1S/C19H19BrN2O4S/c1-13(18-12-14-4-2-3-5-17(14)26-18)22-19(23)10-11-21-27(24,25)16-8-6-15(20)7-9-16/h2-9,12-13,21H,10-11H2,1H3,(H,22,23)/t13-/m0/s1. The van der Waals surface area contributed by atoms with Crippen molar-refractivity contribution in [2.24, 2.45) is 0 Å². The van der Waals surface area contributed by atoms with Gasteiger partial charge in [-0.15, -0.1) is 0 Å². The maximum atomic E-state index is 12.2. The summed E-state index contributed by atoms with van der Waals surface area (Å²) in [5, 5.41) is 3.79. The van der Waals surface area contributed by atoms with Gasteiger partial charge in [-0.3, -0.25) is 4.79 Å². The zero-order valence-electron chi connectivity index (χ0n) is 14.6. The number of carbonyl (C=O) groups is 1. The Morgan fingerprint density at radius 2 is 1.85 bits per heavy atom. The molecule has 3 rings (SSSR count). The molecule has 2 aromatic carbocycles. The average Bonchev–Trinajstić information content (AvgIpc) is 3.06. The number of carbonyl (C=O) groups excluding carboxylic acids is 1. The molecule has 2 N–H and O–H groups in total. The molecular formula is C19H19BrN2O4S. The van der Waals surface area contributed by atoms with Gasteiger partial charge in [-0.1, -0.05) is 34.1 Å². The van der Waals surface area contributed by atoms with Gasteiger partial charge in [-0.25, -0.2) is 13.1 Å². The molecule has 0 aliphatic carbocycles. The molecule has 0 unspecified atom stereocenters. The SMILES string of the molecule is C[C@H](NC(=O)CCNS(=O)(=O)c1ccc(Br)cc1)c1cc2ccccc2o1. The van der Waals surface area contributed by atoms with Crippen molar-refractivity contribution in [2.45, 2.75) is 24.3 Å². The second kappa shape index (κ2) is 8.24. The highest BCUT2D eigenvalue weighted by molar-refractivity contribution is 9.10. The van der Waals surface area contributed by atoms with E-state index in [1.54, 1.807) is 12.1 Å². The Balaban J connectivity index is 1.52. The van der Waals surface area contributed by atoms with E-state index in [1.807, 2.05) is 37.3 Å². The monoisotopic (exact) mass is 450 g/mol. The van der Waals surface area contributed by atoms with Crippen molar-refractivity contribution in [2.75, 3.05) is 6.54 Å². The zero-order chi connectivity index (χ0) is 19.4. The molecule has 142 valence electrons. The molecule has 0 bridgehead atoms. The Labute approximate surface area is 166 Å². The van der Waals surface area contributed by atoms with Crippen LogP contribution in [0.3, 0.4) is 0 Å². The first kappa shape index (κ1) is 19.6. The Bertz CT molecular complexity index is 1010. The molecule has 1 atom stereocenters. The number of sulfonamides is 1. The first-order chi connectivity index (χ1) is 12.8. The van der Waals surface area contributed by atoms with E-state index in [-0.39, 0.29) is 29.8 Å². The first-order valence-corrected chi connectivity index (χ1v) is 10.7. The second-order valence-corrected chi connectivity index (χ2v) is 8.76. The lowest BCUT2D eigenvalue weighted by Crippen LogP contribution is -2.32. The molecule has 0 aliphatic rings. The highest BCUT2D eigenvalue weighted by Crippen LogP contribution is 2.23. The number of benzene rings is 2. The Hall–Kier alpha value is -2.16. The van der Waals surface area contributed by atoms with Crippen LogP contribution in [0.2, 0.25) is 0 Å². The molecule has 0 fully saturated rings. The van der Waals surface area contributed by atoms with Crippen molar-refractivity contribution < 1.29 is 17.6 Å². The van der Waals surface area contributed by atoms with Gasteiger partial charge in [-0.05, 0) is 43.3 Å². The fourth-order valence-corrected chi connectivity index (χ4v) is 3.89. The third kappa shape index (κ3) is 4.97. The van der Waals surface area contributed by atoms with E-state index in [2.05, 4.69) is 26.0 Å². The number of hydrogen-bond acceptors (Lipinski definition) is 4. The molecule has 0 radical (unpaired) electrons. The molecule has 0 saturated carbocycles. The van der Waals surface area contributed by atoms with Gasteiger partial charge < -0.3 is 9.73 Å². The maximum absolute atomic E-state index is 12.2. The lowest BCUT2D eigenvalue weighted by molar-refractivity contribution is -0.121. The number of fused-ring (bicyclic) bond motifs is 1. The van der Waals surface area contributed by atoms with Crippen LogP contribution < -0.4 is 10.0 Å². The fraction of sp³-hybridized carbons (Fsp3) is 0.211. The average molecular weight is 451 g/mol. The van der Waals surface area contributed by atoms with Crippen LogP contribution >= 0.6 is 15.9 Å². The highest BCUT2D eigenvalue weighted by Gasteiger charge is 2.16. The summed E-state index contributed by atoms with van der Waals surface area (Å²) in [4.78, 5) is 12.3. The van der Waals surface area contributed by atoms with Crippen LogP contribution in [-0.4, -0.2) is 20.9 Å². The largest absolute Gasteiger partial charge is 0.459 e. The predicted octanol–water partition coefficient (Wildman–Crippen LogP) is 3.74. The van der Waals surface area contributed by atoms with Gasteiger partial charge >= 0.3 is 0 Å². The Morgan fingerprint density at radius 3 is 2.56 bits per heavy atom. The molecule has 8 heteroatoms. The number of halogens is 1. The summed E-state index contributed by atoms with van der Waals surface area (Å²) in [5.41, 5.74) is 0.760. The molecule has 1 heterocycles. The van der Waals surface area contributed by atoms with Crippen LogP contribution in [0.5, 0.6) is 0 Å². The number of amides is 1. The fourth-order valence-electron chi connectivity index (χ4n) is 2.60. The molecule has 0 aliphatic heterocycles. The zero-order valence-corrected chi connectivity index (χ0v) is 17.0. The van der Waals surface area contributed by atoms with Crippen molar-refractivity contribution in [3.8, 4) is 0 Å². The molecule has 0 spiro atoms. The molecule has 1 aromatic heterocycles. The van der Waals surface area contributed by atoms with Gasteiger partial charge in [0, 0.05) is 22.8 Å². The number of para-hydroxylation sites is 1. The van der Waals surface area contributed by atoms with E-state index < -0.39 is 10.0 Å². The summed E-state index contributed by atoms with van der Waals surface area (Å²) in [7, 11) is -3.64. The van der Waals surface area contributed by atoms with E-state index in [4.69, 9.17) is 4.42 Å². The van der Waals surface area contributed by atoms with E-state index in [1.165, 1.54) is 12.1 Å². The van der Waals surface area contributed by atoms with Crippen molar-refractivity contribution in [1.82, 2.24) is 10.0 Å². The van der Waals surface area contributed by atoms with Crippen LogP contribution in [0.15, 0.2) is 68.4 Å². The number of nitrogens with one attached hydrogen (secondary N) is 2. The van der Waals surface area contributed by atoms with Crippen LogP contribution in [0.1, 0.15) is 25.1 Å². The van der Waals surface area contributed by atoms with Gasteiger partial charge in [0.05, 0.1) is 10.9 Å². The van der Waals surface area contributed by atoms with E-state index in [9.17, 15) is 13.2 Å². The number of hydrogen-bond donors (Lipinski definition) is 2. The third-order valence-electron chi connectivity index (χ3n) is 4.02. The van der Waals surface area contributed by atoms with Gasteiger partial charge in [-0.2, -0.15) is 0 Å². The van der Waals surface area contributed by atoms with Gasteiger partial charge in [0.1, 0.15) is 11.3 Å². The predicted molar refractivity (Wildman–Crippen MR) is 107 cm³/mol. The second-order valence-electron chi connectivity index (χ2n) is 6.08. The van der Waals surface area contributed by atoms with Crippen molar-refractivity contribution in [3.05, 3.63) is 64.8 Å². The Morgan fingerprint density at radius 1 is 1.15 bits per heavy atom. The number of rotatable bonds is 7. The van der Waals surface area contributed by atoms with Crippen molar-refractivity contribution >= 4 is 42.8 Å². The van der Waals surface area contributed by atoms with E-state index in [0.717, 1.165) is 15.4 Å². The quantitative estimate of drug-likeness (QED) is 0.573. The molecular weight excluding hydrogens is 432 g/mol. The van der Waals surface area contributed by atoms with Gasteiger partial charge in [0.15, 0.2) is 0 Å². The van der Waals surface area contributed by atoms with Crippen LogP contribution in [0.4, 0.5) is 0 Å². The summed E-state index contributed by atoms with van der Waals surface area (Å²) in [6.45, 7) is 1.83. The normalized spacial score (nSPS) is 12.8. The summed E-state index contributed by atoms with van der Waals surface area (Å²) in [6, 6.07) is 15.5. The molecule has 27 heavy (non-hydrogen) atoms. The molecule has 1 amide bonds. The molecule has 0 saturated heterocycles. The van der Waals surface area contributed by atoms with Gasteiger partial charge in [0.25, 0.3) is 0 Å². The summed E-state index contributed by atoms with van der Waals surface area (Å²) >= 11 is 3.26. The van der Waals surface area contributed by atoms with Crippen LogP contribution in [-0.2, 0) is 14.8 Å². The molecule has 3 aromatic rings. The van der Waals surface area contributed by atoms with E-state index >= 15 is 0 Å². The van der Waals surface area contributed by atoms with Gasteiger partial charge in [0.2, 0.25) is 15.9 Å². The maximum Gasteiger partial charge on any atom is 0.240 e. The minimum atomic E-state index is -3.64. The molecule has 6 nitrogen and oxygen atoms in total. The lowest BCUT2D eigenvalue weighted by Gasteiger charge is -2.12. The Kier molecular flexibility index (Phi) is 5.98. The lowest BCUT2D eigenvalue weighted by atomic mass is 10.2. The minimum Gasteiger partial charge on any atom is -0.459 e. The third-order valence-corrected chi connectivity index (χ3v) is 6.02. The van der Waals surface area contributed by atoms with E-state index in [0.29, 0.717) is 5.76 Å². The summed E-state index contributed by atoms with van der Waals surface area (Å²) < 4.78 is 33.3. The number of furan rings is 1.